The predicted molar refractivity (Wildman–Crippen MR) is 93.1 cm³/mol. The fourth-order valence-electron chi connectivity index (χ4n) is 3.57. The van der Waals surface area contributed by atoms with Crippen LogP contribution in [0.3, 0.4) is 0 Å². The fraction of sp³-hybridized carbons (Fsp3) is 0.579. The van der Waals surface area contributed by atoms with Gasteiger partial charge in [-0.3, -0.25) is 9.59 Å². The van der Waals surface area contributed by atoms with Crippen LogP contribution in [0.4, 0.5) is 10.1 Å². The average Bonchev–Trinajstić information content (AvgIpc) is 2.57. The quantitative estimate of drug-likeness (QED) is 0.782. The number of amides is 2. The third-order valence-electron chi connectivity index (χ3n) is 4.85. The number of nitrogens with one attached hydrogen (secondary N) is 1. The minimum atomic E-state index is -0.837. The zero-order valence-corrected chi connectivity index (χ0v) is 14.3. The third kappa shape index (κ3) is 5.05. The zero-order chi connectivity index (χ0) is 17.5. The molecule has 0 heterocycles. The summed E-state index contributed by atoms with van der Waals surface area (Å²) in [6.07, 6.45) is 8.91. The van der Waals surface area contributed by atoms with Crippen molar-refractivity contribution in [2.24, 2.45) is 17.6 Å². The Hall–Kier alpha value is -1.91. The molecule has 1 aromatic rings. The van der Waals surface area contributed by atoms with E-state index in [0.29, 0.717) is 11.6 Å². The standard InChI is InChI=1S/C19H27FN2O2/c1-2-6-14(11-13-7-4-3-5-8-13)19(24)22-15-9-10-17(20)16(12-15)18(21)23/h9-10,12-14H,2-8,11H2,1H3,(H2,21,23)(H,22,24). The van der Waals surface area contributed by atoms with Crippen LogP contribution in [0.25, 0.3) is 0 Å². The van der Waals surface area contributed by atoms with Crippen molar-refractivity contribution in [1.82, 2.24) is 0 Å². The molecular formula is C19H27FN2O2. The number of primary amides is 1. The van der Waals surface area contributed by atoms with Gasteiger partial charge in [-0.15, -0.1) is 0 Å². The summed E-state index contributed by atoms with van der Waals surface area (Å²) in [6.45, 7) is 2.07. The van der Waals surface area contributed by atoms with Crippen molar-refractivity contribution in [3.05, 3.63) is 29.6 Å². The molecule has 4 nitrogen and oxygen atoms in total. The van der Waals surface area contributed by atoms with Crippen LogP contribution in [0.1, 0.15) is 68.6 Å². The number of benzene rings is 1. The first-order valence-corrected chi connectivity index (χ1v) is 8.91. The van der Waals surface area contributed by atoms with Crippen molar-refractivity contribution in [3.63, 3.8) is 0 Å². The van der Waals surface area contributed by atoms with E-state index in [9.17, 15) is 14.0 Å². The van der Waals surface area contributed by atoms with E-state index >= 15 is 0 Å². The molecule has 3 N–H and O–H groups in total. The highest BCUT2D eigenvalue weighted by Gasteiger charge is 2.24. The van der Waals surface area contributed by atoms with Gasteiger partial charge in [-0.25, -0.2) is 4.39 Å². The van der Waals surface area contributed by atoms with Crippen molar-refractivity contribution in [1.29, 1.82) is 0 Å². The zero-order valence-electron chi connectivity index (χ0n) is 14.3. The van der Waals surface area contributed by atoms with Gasteiger partial charge in [0.05, 0.1) is 5.56 Å². The largest absolute Gasteiger partial charge is 0.366 e. The lowest BCUT2D eigenvalue weighted by atomic mass is 9.81. The first-order valence-electron chi connectivity index (χ1n) is 8.91. The number of anilines is 1. The van der Waals surface area contributed by atoms with Crippen LogP contribution in [0.5, 0.6) is 0 Å². The van der Waals surface area contributed by atoms with Crippen LogP contribution < -0.4 is 11.1 Å². The van der Waals surface area contributed by atoms with Crippen molar-refractivity contribution < 1.29 is 14.0 Å². The molecule has 1 saturated carbocycles. The van der Waals surface area contributed by atoms with E-state index in [1.54, 1.807) is 0 Å². The lowest BCUT2D eigenvalue weighted by Gasteiger charge is -2.26. The number of hydrogen-bond donors (Lipinski definition) is 2. The second-order valence-corrected chi connectivity index (χ2v) is 6.77. The average molecular weight is 334 g/mol. The molecule has 132 valence electrons. The van der Waals surface area contributed by atoms with Crippen molar-refractivity contribution in [2.45, 2.75) is 58.3 Å². The summed E-state index contributed by atoms with van der Waals surface area (Å²) in [6, 6.07) is 3.92. The minimum absolute atomic E-state index is 0.0415. The summed E-state index contributed by atoms with van der Waals surface area (Å²) in [4.78, 5) is 23.8. The highest BCUT2D eigenvalue weighted by atomic mass is 19.1. The van der Waals surface area contributed by atoms with Gasteiger partial charge in [0.25, 0.3) is 5.91 Å². The van der Waals surface area contributed by atoms with Gasteiger partial charge in [-0.2, -0.15) is 0 Å². The van der Waals surface area contributed by atoms with E-state index in [4.69, 9.17) is 5.73 Å². The topological polar surface area (TPSA) is 72.2 Å². The lowest BCUT2D eigenvalue weighted by Crippen LogP contribution is -2.26. The molecule has 1 atom stereocenters. The van der Waals surface area contributed by atoms with Crippen LogP contribution in [-0.2, 0) is 4.79 Å². The van der Waals surface area contributed by atoms with Gasteiger partial charge in [0.1, 0.15) is 5.82 Å². The van der Waals surface area contributed by atoms with E-state index < -0.39 is 11.7 Å². The minimum Gasteiger partial charge on any atom is -0.366 e. The molecule has 1 aliphatic carbocycles. The Morgan fingerprint density at radius 3 is 2.62 bits per heavy atom. The molecule has 0 spiro atoms. The predicted octanol–water partition coefficient (Wildman–Crippen LogP) is 4.25. The molecule has 1 fully saturated rings. The third-order valence-corrected chi connectivity index (χ3v) is 4.85. The highest BCUT2D eigenvalue weighted by molar-refractivity contribution is 5.97. The number of carbonyl (C=O) groups is 2. The summed E-state index contributed by atoms with van der Waals surface area (Å²) < 4.78 is 13.5. The molecule has 1 aromatic carbocycles. The van der Waals surface area contributed by atoms with Crippen LogP contribution >= 0.6 is 0 Å². The molecule has 0 aromatic heterocycles. The molecule has 24 heavy (non-hydrogen) atoms. The number of nitrogens with two attached hydrogens (primary N) is 1. The van der Waals surface area contributed by atoms with E-state index in [1.165, 1.54) is 44.2 Å². The van der Waals surface area contributed by atoms with E-state index in [-0.39, 0.29) is 17.4 Å². The number of carbonyl (C=O) groups excluding carboxylic acids is 2. The Kier molecular flexibility index (Phi) is 6.76. The second-order valence-electron chi connectivity index (χ2n) is 6.77. The Bertz CT molecular complexity index is 583. The van der Waals surface area contributed by atoms with Gasteiger partial charge in [-0.05, 0) is 37.0 Å². The van der Waals surface area contributed by atoms with Gasteiger partial charge >= 0.3 is 0 Å². The molecule has 1 unspecified atom stereocenters. The molecule has 0 aliphatic heterocycles. The molecule has 2 rings (SSSR count). The summed E-state index contributed by atoms with van der Waals surface area (Å²) in [5.41, 5.74) is 5.37. The van der Waals surface area contributed by atoms with Crippen molar-refractivity contribution in [2.75, 3.05) is 5.32 Å². The summed E-state index contributed by atoms with van der Waals surface area (Å²) in [5, 5.41) is 2.83. The van der Waals surface area contributed by atoms with Gasteiger partial charge < -0.3 is 11.1 Å². The van der Waals surface area contributed by atoms with Crippen LogP contribution in [0.15, 0.2) is 18.2 Å². The van der Waals surface area contributed by atoms with E-state index in [0.717, 1.165) is 25.3 Å². The van der Waals surface area contributed by atoms with Crippen LogP contribution in [0.2, 0.25) is 0 Å². The lowest BCUT2D eigenvalue weighted by molar-refractivity contribution is -0.120. The fourth-order valence-corrected chi connectivity index (χ4v) is 3.57. The second kappa shape index (κ2) is 8.81. The maximum Gasteiger partial charge on any atom is 0.251 e. The van der Waals surface area contributed by atoms with Gasteiger partial charge in [-0.1, -0.05) is 45.4 Å². The Morgan fingerprint density at radius 1 is 1.29 bits per heavy atom. The van der Waals surface area contributed by atoms with Gasteiger partial charge in [0.15, 0.2) is 0 Å². The van der Waals surface area contributed by atoms with E-state index in [1.807, 2.05) is 0 Å². The molecule has 0 bridgehead atoms. The normalized spacial score (nSPS) is 16.6. The SMILES string of the molecule is CCCC(CC1CCCCC1)C(=O)Nc1ccc(F)c(C(N)=O)c1. The van der Waals surface area contributed by atoms with Gasteiger partial charge in [0, 0.05) is 11.6 Å². The Labute approximate surface area is 143 Å². The monoisotopic (exact) mass is 334 g/mol. The summed E-state index contributed by atoms with van der Waals surface area (Å²) in [7, 11) is 0. The van der Waals surface area contributed by atoms with E-state index in [2.05, 4.69) is 12.2 Å². The van der Waals surface area contributed by atoms with Gasteiger partial charge in [0.2, 0.25) is 5.91 Å². The number of halogens is 1. The molecular weight excluding hydrogens is 307 g/mol. The highest BCUT2D eigenvalue weighted by Crippen LogP contribution is 2.31. The maximum absolute atomic E-state index is 13.5. The smallest absolute Gasteiger partial charge is 0.251 e. The molecule has 1 aliphatic rings. The van der Waals surface area contributed by atoms with Crippen LogP contribution in [0, 0.1) is 17.7 Å². The van der Waals surface area contributed by atoms with Crippen molar-refractivity contribution in [3.8, 4) is 0 Å². The Balaban J connectivity index is 2.04. The maximum atomic E-state index is 13.5. The molecule has 0 saturated heterocycles. The number of hydrogen-bond acceptors (Lipinski definition) is 2. The first-order chi connectivity index (χ1) is 11.5. The first kappa shape index (κ1) is 18.4. The van der Waals surface area contributed by atoms with Crippen LogP contribution in [-0.4, -0.2) is 11.8 Å². The Morgan fingerprint density at radius 2 is 2.00 bits per heavy atom. The molecule has 2 amide bonds. The number of rotatable bonds is 7. The molecule has 0 radical (unpaired) electrons. The summed E-state index contributed by atoms with van der Waals surface area (Å²) in [5.74, 6) is -0.983. The van der Waals surface area contributed by atoms with Crippen molar-refractivity contribution >= 4 is 17.5 Å². The summed E-state index contributed by atoms with van der Waals surface area (Å²) >= 11 is 0. The molecule has 5 heteroatoms.